The number of hydrogen-bond acceptors (Lipinski definition) is 0. The Bertz CT molecular complexity index is 373. The van der Waals surface area contributed by atoms with Crippen molar-refractivity contribution in [1.29, 1.82) is 0 Å². The van der Waals surface area contributed by atoms with Crippen LogP contribution in [-0.2, 0) is 37.7 Å². The van der Waals surface area contributed by atoms with Crippen molar-refractivity contribution in [2.75, 3.05) is 0 Å². The fourth-order valence-electron chi connectivity index (χ4n) is 1.75. The summed E-state index contributed by atoms with van der Waals surface area (Å²) in [6.07, 6.45) is 0.170. The van der Waals surface area contributed by atoms with Gasteiger partial charge in [0.1, 0.15) is 6.17 Å². The van der Waals surface area contributed by atoms with Crippen LogP contribution in [0.15, 0.2) is 24.3 Å². The predicted octanol–water partition coefficient (Wildman–Crippen LogP) is 2.77. The molecule has 0 fully saturated rings. The van der Waals surface area contributed by atoms with Crippen LogP contribution in [0.5, 0.6) is 0 Å². The molecule has 2 rings (SSSR count). The van der Waals surface area contributed by atoms with Gasteiger partial charge in [0, 0.05) is 17.4 Å². The van der Waals surface area contributed by atoms with E-state index in [0.29, 0.717) is 0 Å². The van der Waals surface area contributed by atoms with Crippen LogP contribution in [0.25, 0.3) is 0 Å². The third kappa shape index (κ3) is 6.00. The normalized spacial score (nSPS) is 17.8. The molecule has 0 aromatic heterocycles. The molecule has 0 aliphatic heterocycles. The van der Waals surface area contributed by atoms with E-state index in [4.69, 9.17) is 14.0 Å². The fraction of sp³-hybridized carbons (Fsp3) is 0.308. The molecular weight excluding hydrogens is 275 g/mol. The number of halogens is 1. The van der Waals surface area contributed by atoms with Crippen molar-refractivity contribution in [1.82, 2.24) is 0 Å². The standard InChI is InChI=1S/C10H11F.3CO.Cr/c1-7-6-8-4-2-3-5-9(8)10(7)11;3*1-2;/h2-5,7,10H,6H2,1H3;;;;/t7-,10-;;;;/m1..../s1. The minimum atomic E-state index is -0.730. The Labute approximate surface area is 117 Å². The van der Waals surface area contributed by atoms with Gasteiger partial charge in [0.2, 0.25) is 0 Å². The van der Waals surface area contributed by atoms with Gasteiger partial charge in [-0.2, -0.15) is 0 Å². The van der Waals surface area contributed by atoms with Crippen LogP contribution in [0.1, 0.15) is 24.2 Å². The van der Waals surface area contributed by atoms with Gasteiger partial charge in [0.25, 0.3) is 0 Å². The van der Waals surface area contributed by atoms with Gasteiger partial charge in [-0.3, -0.25) is 0 Å². The van der Waals surface area contributed by atoms with Crippen LogP contribution < -0.4 is 0 Å². The van der Waals surface area contributed by atoms with Crippen LogP contribution in [-0.4, -0.2) is 0 Å². The van der Waals surface area contributed by atoms with Gasteiger partial charge >= 0.3 is 33.9 Å². The molecule has 0 saturated heterocycles. The molecule has 2 atom stereocenters. The smallest absolute Gasteiger partial charge is 0 e. The number of benzene rings is 1. The van der Waals surface area contributed by atoms with Crippen molar-refractivity contribution in [2.24, 2.45) is 5.92 Å². The molecule has 0 saturated carbocycles. The third-order valence-corrected chi connectivity index (χ3v) is 2.39. The fourth-order valence-corrected chi connectivity index (χ4v) is 1.75. The van der Waals surface area contributed by atoms with E-state index < -0.39 is 6.17 Å². The van der Waals surface area contributed by atoms with E-state index in [1.54, 1.807) is 0 Å². The van der Waals surface area contributed by atoms with Crippen LogP contribution in [0.2, 0.25) is 0 Å². The van der Waals surface area contributed by atoms with E-state index in [1.165, 1.54) is 5.56 Å². The first-order chi connectivity index (χ1) is 8.29. The summed E-state index contributed by atoms with van der Waals surface area (Å²) in [6.45, 7) is 15.5. The van der Waals surface area contributed by atoms with E-state index in [0.717, 1.165) is 12.0 Å². The van der Waals surface area contributed by atoms with Crippen LogP contribution in [0.3, 0.4) is 0 Å². The third-order valence-electron chi connectivity index (χ3n) is 2.39. The predicted molar refractivity (Wildman–Crippen MR) is 54.9 cm³/mol. The van der Waals surface area contributed by atoms with Gasteiger partial charge in [-0.25, -0.2) is 4.39 Å². The molecule has 0 spiro atoms. The number of rotatable bonds is 0. The average Bonchev–Trinajstić information content (AvgIpc) is 2.73. The van der Waals surface area contributed by atoms with Crippen molar-refractivity contribution in [3.63, 3.8) is 0 Å². The molecule has 18 heavy (non-hydrogen) atoms. The van der Waals surface area contributed by atoms with Gasteiger partial charge in [-0.1, -0.05) is 31.2 Å². The SMILES string of the molecule is C[C@@H]1Cc2ccccc2[C@@H]1F.[C-]#[O+].[C-]#[O+].[C-]#[O+].[Cr]. The Morgan fingerprint density at radius 2 is 1.50 bits per heavy atom. The van der Waals surface area contributed by atoms with E-state index in [9.17, 15) is 4.39 Å². The van der Waals surface area contributed by atoms with Crippen molar-refractivity contribution in [2.45, 2.75) is 19.5 Å². The van der Waals surface area contributed by atoms with Gasteiger partial charge in [0.05, 0.1) is 0 Å². The average molecular weight is 286 g/mol. The van der Waals surface area contributed by atoms with Crippen LogP contribution in [0, 0.1) is 25.9 Å². The Balaban J connectivity index is -0.000000285. The van der Waals surface area contributed by atoms with Crippen LogP contribution >= 0.6 is 0 Å². The number of fused-ring (bicyclic) bond motifs is 1. The maximum atomic E-state index is 13.3. The molecule has 5 heteroatoms. The molecule has 0 heterocycles. The van der Waals surface area contributed by atoms with Crippen molar-refractivity contribution in [3.05, 3.63) is 55.3 Å². The molecule has 3 nitrogen and oxygen atoms in total. The maximum Gasteiger partial charge on any atom is 0 e. The maximum absolute atomic E-state index is 13.3. The molecule has 1 aromatic carbocycles. The summed E-state index contributed by atoms with van der Waals surface area (Å²) >= 11 is 0. The van der Waals surface area contributed by atoms with Crippen molar-refractivity contribution in [3.8, 4) is 0 Å². The topological polar surface area (TPSA) is 59.7 Å². The Morgan fingerprint density at radius 3 is 1.94 bits per heavy atom. The zero-order valence-electron chi connectivity index (χ0n) is 9.68. The van der Waals surface area contributed by atoms with Crippen molar-refractivity contribution < 1.29 is 35.7 Å². The van der Waals surface area contributed by atoms with Crippen molar-refractivity contribution >= 4 is 0 Å². The summed E-state index contributed by atoms with van der Waals surface area (Å²) in [5.74, 6) is 0.174. The molecule has 1 aromatic rings. The minimum Gasteiger partial charge on any atom is 0 e. The summed E-state index contributed by atoms with van der Waals surface area (Å²) in [5, 5.41) is 0. The first-order valence-electron chi connectivity index (χ1n) is 4.62. The largest absolute Gasteiger partial charge is 0 e. The second kappa shape index (κ2) is 14.0. The number of alkyl halides is 1. The van der Waals surface area contributed by atoms with E-state index in [-0.39, 0.29) is 23.3 Å². The summed E-state index contributed by atoms with van der Waals surface area (Å²) in [6, 6.07) is 7.79. The number of hydrogen-bond donors (Lipinski definition) is 0. The first-order valence-corrected chi connectivity index (χ1v) is 4.62. The minimum absolute atomic E-state index is 0. The molecule has 0 unspecified atom stereocenters. The van der Waals surface area contributed by atoms with E-state index in [1.807, 2.05) is 31.2 Å². The Hall–Kier alpha value is -1.10. The molecule has 0 bridgehead atoms. The monoisotopic (exact) mass is 286 g/mol. The molecule has 94 valence electrons. The quantitative estimate of drug-likeness (QED) is 0.520. The van der Waals surface area contributed by atoms with E-state index >= 15 is 0 Å². The Kier molecular flexibility index (Phi) is 17.2. The van der Waals surface area contributed by atoms with Gasteiger partial charge < -0.3 is 0 Å². The van der Waals surface area contributed by atoms with Gasteiger partial charge in [-0.15, -0.1) is 0 Å². The molecule has 0 amide bonds. The zero-order chi connectivity index (χ0) is 13.8. The molecule has 1 aliphatic carbocycles. The molecule has 1 aliphatic rings. The first kappa shape index (κ1) is 22.1. The zero-order valence-corrected chi connectivity index (χ0v) is 11.0. The molecule has 0 N–H and O–H groups in total. The summed E-state index contributed by atoms with van der Waals surface area (Å²) in [4.78, 5) is 0. The van der Waals surface area contributed by atoms with Crippen LogP contribution in [0.4, 0.5) is 4.39 Å². The molecule has 0 radical (unpaired) electrons. The summed E-state index contributed by atoms with van der Waals surface area (Å²) in [7, 11) is 0. The summed E-state index contributed by atoms with van der Waals surface area (Å²) in [5.41, 5.74) is 2.09. The van der Waals surface area contributed by atoms with Gasteiger partial charge in [0.15, 0.2) is 0 Å². The summed E-state index contributed by atoms with van der Waals surface area (Å²) < 4.78 is 35.8. The second-order valence-corrected chi connectivity index (χ2v) is 3.28. The van der Waals surface area contributed by atoms with Gasteiger partial charge in [-0.05, 0) is 23.5 Å². The second-order valence-electron chi connectivity index (χ2n) is 3.28. The van der Waals surface area contributed by atoms with E-state index in [2.05, 4.69) is 20.0 Å². The molecular formula is C13H11CrFO3. The Morgan fingerprint density at radius 1 is 1.06 bits per heavy atom.